The van der Waals surface area contributed by atoms with Crippen LogP contribution in [0.3, 0.4) is 0 Å². The van der Waals surface area contributed by atoms with E-state index in [2.05, 4.69) is 0 Å². The molecule has 5 nitrogen and oxygen atoms in total. The Labute approximate surface area is 154 Å². The molecule has 0 saturated carbocycles. The van der Waals surface area contributed by atoms with Gasteiger partial charge in [0.05, 0.1) is 16.6 Å². The number of fused-ring (bicyclic) bond motifs is 1. The maximum absolute atomic E-state index is 12.9. The van der Waals surface area contributed by atoms with Gasteiger partial charge in [0.1, 0.15) is 0 Å². The van der Waals surface area contributed by atoms with Crippen LogP contribution in [-0.2, 0) is 14.1 Å². The van der Waals surface area contributed by atoms with Gasteiger partial charge in [-0.05, 0) is 18.2 Å². The quantitative estimate of drug-likeness (QED) is 0.547. The molecular weight excluding hydrogens is 350 g/mol. The summed E-state index contributed by atoms with van der Waals surface area (Å²) in [6.07, 6.45) is 1.81. The van der Waals surface area contributed by atoms with Crippen molar-refractivity contribution in [2.75, 3.05) is 0 Å². The highest BCUT2D eigenvalue weighted by Crippen LogP contribution is 2.34. The summed E-state index contributed by atoms with van der Waals surface area (Å²) in [6, 6.07) is 17.1. The number of rotatable bonds is 2. The summed E-state index contributed by atoms with van der Waals surface area (Å²) in [7, 11) is 3.15. The average molecular weight is 366 g/mol. The van der Waals surface area contributed by atoms with Crippen molar-refractivity contribution < 1.29 is 0 Å². The fourth-order valence-electron chi connectivity index (χ4n) is 3.25. The molecule has 4 aromatic rings. The standard InChI is InChI=1S/C20H16ClN3O2/c1-22-16-12-24(13-8-4-3-5-9-13)18(14-10-6-7-11-15(14)21)17(16)19(25)23(2)20(22)26/h3-12H,1-2H3. The minimum Gasteiger partial charge on any atom is -0.314 e. The SMILES string of the molecule is Cn1c(=O)c2c(-c3ccccc3Cl)n(-c3ccccc3)cc2n(C)c1=O. The first kappa shape index (κ1) is 16.4. The fourth-order valence-corrected chi connectivity index (χ4v) is 3.48. The van der Waals surface area contributed by atoms with Gasteiger partial charge < -0.3 is 4.57 Å². The van der Waals surface area contributed by atoms with Crippen molar-refractivity contribution >= 4 is 22.5 Å². The number of aromatic nitrogens is 3. The molecule has 6 heteroatoms. The maximum atomic E-state index is 12.9. The predicted octanol–water partition coefficient (Wildman–Crippen LogP) is 3.35. The van der Waals surface area contributed by atoms with Gasteiger partial charge in [0.15, 0.2) is 0 Å². The highest BCUT2D eigenvalue weighted by Gasteiger charge is 2.21. The molecule has 0 amide bonds. The van der Waals surface area contributed by atoms with Gasteiger partial charge >= 0.3 is 5.69 Å². The first-order valence-corrected chi connectivity index (χ1v) is 8.50. The van der Waals surface area contributed by atoms with Crippen molar-refractivity contribution in [1.82, 2.24) is 13.7 Å². The second-order valence-electron chi connectivity index (χ2n) is 6.13. The summed E-state index contributed by atoms with van der Waals surface area (Å²) in [5.74, 6) is 0. The zero-order valence-corrected chi connectivity index (χ0v) is 15.1. The predicted molar refractivity (Wildman–Crippen MR) is 104 cm³/mol. The zero-order valence-electron chi connectivity index (χ0n) is 14.3. The monoisotopic (exact) mass is 365 g/mol. The summed E-state index contributed by atoms with van der Waals surface area (Å²) in [5, 5.41) is 1.01. The van der Waals surface area contributed by atoms with E-state index in [1.165, 1.54) is 11.6 Å². The lowest BCUT2D eigenvalue weighted by atomic mass is 10.1. The molecule has 0 aliphatic carbocycles. The number of hydrogen-bond acceptors (Lipinski definition) is 2. The largest absolute Gasteiger partial charge is 0.330 e. The Bertz CT molecular complexity index is 1250. The van der Waals surface area contributed by atoms with Crippen LogP contribution in [0, 0.1) is 0 Å². The summed E-state index contributed by atoms with van der Waals surface area (Å²) >= 11 is 6.45. The average Bonchev–Trinajstić information content (AvgIpc) is 3.06. The van der Waals surface area contributed by atoms with Crippen molar-refractivity contribution in [2.24, 2.45) is 14.1 Å². The summed E-state index contributed by atoms with van der Waals surface area (Å²) in [5.41, 5.74) is 2.16. The van der Waals surface area contributed by atoms with Crippen LogP contribution in [0.15, 0.2) is 70.4 Å². The molecule has 0 radical (unpaired) electrons. The smallest absolute Gasteiger partial charge is 0.314 e. The number of hydrogen-bond donors (Lipinski definition) is 0. The molecule has 0 unspecified atom stereocenters. The molecule has 4 rings (SSSR count). The van der Waals surface area contributed by atoms with E-state index in [-0.39, 0.29) is 11.2 Å². The van der Waals surface area contributed by atoms with Gasteiger partial charge in [-0.25, -0.2) is 4.79 Å². The van der Waals surface area contributed by atoms with Gasteiger partial charge in [-0.2, -0.15) is 0 Å². The molecule has 0 aliphatic rings. The fraction of sp³-hybridized carbons (Fsp3) is 0.100. The molecule has 0 atom stereocenters. The van der Waals surface area contributed by atoms with E-state index in [4.69, 9.17) is 11.6 Å². The number of benzene rings is 2. The lowest BCUT2D eigenvalue weighted by molar-refractivity contribution is 0.714. The van der Waals surface area contributed by atoms with E-state index < -0.39 is 0 Å². The van der Waals surface area contributed by atoms with Crippen molar-refractivity contribution in [2.45, 2.75) is 0 Å². The number of aryl methyl sites for hydroxylation is 1. The van der Waals surface area contributed by atoms with Gasteiger partial charge in [-0.1, -0.05) is 48.0 Å². The summed E-state index contributed by atoms with van der Waals surface area (Å²) < 4.78 is 4.52. The Morgan fingerprint density at radius 3 is 2.19 bits per heavy atom. The van der Waals surface area contributed by atoms with E-state index in [0.29, 0.717) is 21.6 Å². The molecule has 0 aliphatic heterocycles. The van der Waals surface area contributed by atoms with Crippen molar-refractivity contribution in [3.8, 4) is 16.9 Å². The molecule has 0 saturated heterocycles. The molecule has 0 fully saturated rings. The van der Waals surface area contributed by atoms with E-state index in [1.54, 1.807) is 13.1 Å². The van der Waals surface area contributed by atoms with Gasteiger partial charge in [0.2, 0.25) is 0 Å². The van der Waals surface area contributed by atoms with Crippen LogP contribution in [0.2, 0.25) is 5.02 Å². The number of nitrogens with zero attached hydrogens (tertiary/aromatic N) is 3. The highest BCUT2D eigenvalue weighted by molar-refractivity contribution is 6.33. The van der Waals surface area contributed by atoms with E-state index in [1.807, 2.05) is 59.3 Å². The topological polar surface area (TPSA) is 48.9 Å². The Morgan fingerprint density at radius 2 is 1.50 bits per heavy atom. The molecule has 2 aromatic carbocycles. The molecule has 0 N–H and O–H groups in total. The number of halogens is 1. The summed E-state index contributed by atoms with van der Waals surface area (Å²) in [6.45, 7) is 0. The van der Waals surface area contributed by atoms with E-state index in [9.17, 15) is 9.59 Å². The molecular formula is C20H16ClN3O2. The Hall–Kier alpha value is -3.05. The minimum atomic E-state index is -0.363. The van der Waals surface area contributed by atoms with Gasteiger partial charge in [0.25, 0.3) is 5.56 Å². The van der Waals surface area contributed by atoms with Crippen LogP contribution in [0.5, 0.6) is 0 Å². The van der Waals surface area contributed by atoms with Crippen LogP contribution < -0.4 is 11.2 Å². The maximum Gasteiger partial charge on any atom is 0.330 e. The van der Waals surface area contributed by atoms with Gasteiger partial charge in [0, 0.05) is 36.6 Å². The zero-order chi connectivity index (χ0) is 18.4. The summed E-state index contributed by atoms with van der Waals surface area (Å²) in [4.78, 5) is 25.3. The van der Waals surface area contributed by atoms with Crippen molar-refractivity contribution in [3.63, 3.8) is 0 Å². The van der Waals surface area contributed by atoms with Crippen molar-refractivity contribution in [3.05, 3.63) is 86.7 Å². The second-order valence-corrected chi connectivity index (χ2v) is 6.54. The third-order valence-corrected chi connectivity index (χ3v) is 4.93. The van der Waals surface area contributed by atoms with Crippen LogP contribution in [-0.4, -0.2) is 13.7 Å². The van der Waals surface area contributed by atoms with Crippen molar-refractivity contribution in [1.29, 1.82) is 0 Å². The first-order chi connectivity index (χ1) is 12.5. The lowest BCUT2D eigenvalue weighted by Gasteiger charge is -2.11. The van der Waals surface area contributed by atoms with Crippen LogP contribution >= 0.6 is 11.6 Å². The van der Waals surface area contributed by atoms with Crippen LogP contribution in [0.25, 0.3) is 27.8 Å². The Kier molecular flexibility index (Phi) is 3.81. The highest BCUT2D eigenvalue weighted by atomic mass is 35.5. The minimum absolute atomic E-state index is 0.340. The van der Waals surface area contributed by atoms with E-state index in [0.717, 1.165) is 15.8 Å². The number of para-hydroxylation sites is 1. The molecule has 2 heterocycles. The second kappa shape index (κ2) is 6.04. The Morgan fingerprint density at radius 1 is 0.846 bits per heavy atom. The van der Waals surface area contributed by atoms with Crippen LogP contribution in [0.1, 0.15) is 0 Å². The molecule has 0 bridgehead atoms. The normalized spacial score (nSPS) is 11.2. The molecule has 2 aromatic heterocycles. The third kappa shape index (κ3) is 2.32. The molecule has 0 spiro atoms. The third-order valence-electron chi connectivity index (χ3n) is 4.60. The van der Waals surface area contributed by atoms with Gasteiger partial charge in [-0.3, -0.25) is 13.9 Å². The van der Waals surface area contributed by atoms with E-state index >= 15 is 0 Å². The van der Waals surface area contributed by atoms with Gasteiger partial charge in [-0.15, -0.1) is 0 Å². The molecule has 130 valence electrons. The Balaban J connectivity index is 2.26. The van der Waals surface area contributed by atoms with Crippen LogP contribution in [0.4, 0.5) is 0 Å². The first-order valence-electron chi connectivity index (χ1n) is 8.12. The lowest BCUT2D eigenvalue weighted by Crippen LogP contribution is -2.36. The molecule has 26 heavy (non-hydrogen) atoms.